The molecule has 0 atom stereocenters. The van der Waals surface area contributed by atoms with Crippen LogP contribution in [0.2, 0.25) is 0 Å². The third-order valence-corrected chi connectivity index (χ3v) is 5.17. The first-order chi connectivity index (χ1) is 10.2. The predicted octanol–water partition coefficient (Wildman–Crippen LogP) is 3.24. The minimum Gasteiger partial charge on any atom is -0.355 e. The number of hydrazine groups is 1. The zero-order chi connectivity index (χ0) is 14.8. The normalized spacial score (nSPS) is 11.0. The Morgan fingerprint density at radius 3 is 2.90 bits per heavy atom. The van der Waals surface area contributed by atoms with E-state index < -0.39 is 0 Å². The number of aromatic nitrogens is 2. The van der Waals surface area contributed by atoms with Gasteiger partial charge >= 0.3 is 0 Å². The summed E-state index contributed by atoms with van der Waals surface area (Å²) in [5.74, 6) is 6.87. The number of hydrogen-bond acceptors (Lipinski definition) is 7. The number of thiophene rings is 2. The fourth-order valence-corrected chi connectivity index (χ4v) is 3.84. The second-order valence-electron chi connectivity index (χ2n) is 4.79. The van der Waals surface area contributed by atoms with Gasteiger partial charge in [-0.25, -0.2) is 10.8 Å². The Balaban J connectivity index is 2.04. The standard InChI is InChI=1S/C14H17N5S2/c1-3-10-6-11-12(16-14(18-15)17-13(11)21-10)19(2)7-9-4-5-20-8-9/h4-6,8H,3,7,15H2,1-2H3,(H,16,17,18). The van der Waals surface area contributed by atoms with Crippen molar-refractivity contribution in [3.05, 3.63) is 33.3 Å². The summed E-state index contributed by atoms with van der Waals surface area (Å²) in [5, 5.41) is 5.33. The van der Waals surface area contributed by atoms with Gasteiger partial charge in [0.15, 0.2) is 0 Å². The second-order valence-corrected chi connectivity index (χ2v) is 6.68. The molecule has 5 nitrogen and oxygen atoms in total. The van der Waals surface area contributed by atoms with Gasteiger partial charge in [0.2, 0.25) is 5.95 Å². The van der Waals surface area contributed by atoms with Crippen LogP contribution in [0.4, 0.5) is 11.8 Å². The van der Waals surface area contributed by atoms with E-state index in [4.69, 9.17) is 5.84 Å². The molecule has 0 amide bonds. The number of aryl methyl sites for hydroxylation is 1. The van der Waals surface area contributed by atoms with Crippen molar-refractivity contribution < 1.29 is 0 Å². The van der Waals surface area contributed by atoms with Crippen LogP contribution in [0.1, 0.15) is 17.4 Å². The van der Waals surface area contributed by atoms with Gasteiger partial charge in [0, 0.05) is 18.5 Å². The Morgan fingerprint density at radius 1 is 1.38 bits per heavy atom. The van der Waals surface area contributed by atoms with Crippen molar-refractivity contribution in [2.75, 3.05) is 17.4 Å². The number of anilines is 2. The lowest BCUT2D eigenvalue weighted by Gasteiger charge is -2.18. The van der Waals surface area contributed by atoms with Crippen LogP contribution in [0.5, 0.6) is 0 Å². The number of fused-ring (bicyclic) bond motifs is 1. The van der Waals surface area contributed by atoms with Crippen molar-refractivity contribution in [1.82, 2.24) is 9.97 Å². The lowest BCUT2D eigenvalue weighted by molar-refractivity contribution is 0.904. The smallest absolute Gasteiger partial charge is 0.240 e. The Morgan fingerprint density at radius 2 is 2.24 bits per heavy atom. The first kappa shape index (κ1) is 14.2. The predicted molar refractivity (Wildman–Crippen MR) is 91.0 cm³/mol. The van der Waals surface area contributed by atoms with E-state index in [1.165, 1.54) is 10.4 Å². The summed E-state index contributed by atoms with van der Waals surface area (Å²) in [4.78, 5) is 13.4. The van der Waals surface area contributed by atoms with Crippen LogP contribution in [0, 0.1) is 0 Å². The molecule has 0 aliphatic rings. The zero-order valence-corrected chi connectivity index (χ0v) is 13.6. The summed E-state index contributed by atoms with van der Waals surface area (Å²) >= 11 is 3.40. The first-order valence-electron chi connectivity index (χ1n) is 6.70. The van der Waals surface area contributed by atoms with Crippen molar-refractivity contribution in [3.8, 4) is 0 Å². The van der Waals surface area contributed by atoms with E-state index in [1.54, 1.807) is 22.7 Å². The monoisotopic (exact) mass is 319 g/mol. The summed E-state index contributed by atoms with van der Waals surface area (Å²) < 4.78 is 0. The molecule has 110 valence electrons. The maximum atomic E-state index is 5.50. The molecule has 3 heterocycles. The Hall–Kier alpha value is -1.70. The highest BCUT2D eigenvalue weighted by atomic mass is 32.1. The molecule has 0 radical (unpaired) electrons. The maximum Gasteiger partial charge on any atom is 0.240 e. The topological polar surface area (TPSA) is 67.1 Å². The van der Waals surface area contributed by atoms with Gasteiger partial charge < -0.3 is 4.90 Å². The van der Waals surface area contributed by atoms with Crippen LogP contribution >= 0.6 is 22.7 Å². The minimum absolute atomic E-state index is 0.458. The molecule has 0 saturated carbocycles. The van der Waals surface area contributed by atoms with E-state index in [-0.39, 0.29) is 0 Å². The van der Waals surface area contributed by atoms with E-state index in [2.05, 4.69) is 50.1 Å². The van der Waals surface area contributed by atoms with E-state index in [0.29, 0.717) is 5.95 Å². The molecule has 0 fully saturated rings. The summed E-state index contributed by atoms with van der Waals surface area (Å²) in [5.41, 5.74) is 3.84. The zero-order valence-electron chi connectivity index (χ0n) is 12.0. The quantitative estimate of drug-likeness (QED) is 0.558. The number of nitrogens with one attached hydrogen (secondary N) is 1. The SMILES string of the molecule is CCc1cc2c(N(C)Cc3ccsc3)nc(NN)nc2s1. The molecule has 3 aromatic heterocycles. The van der Waals surface area contributed by atoms with Crippen LogP contribution in [0.25, 0.3) is 10.2 Å². The van der Waals surface area contributed by atoms with Crippen molar-refractivity contribution in [1.29, 1.82) is 0 Å². The molecular formula is C14H17N5S2. The molecule has 0 unspecified atom stereocenters. The molecule has 3 N–H and O–H groups in total. The molecule has 3 rings (SSSR count). The largest absolute Gasteiger partial charge is 0.355 e. The average Bonchev–Trinajstić information content (AvgIpc) is 3.14. The van der Waals surface area contributed by atoms with Gasteiger partial charge in [0.25, 0.3) is 0 Å². The fourth-order valence-electron chi connectivity index (χ4n) is 2.22. The second kappa shape index (κ2) is 5.97. The lowest BCUT2D eigenvalue weighted by Crippen LogP contribution is -2.19. The van der Waals surface area contributed by atoms with Crippen molar-refractivity contribution in [2.24, 2.45) is 5.84 Å². The molecule has 0 saturated heterocycles. The van der Waals surface area contributed by atoms with E-state index in [1.807, 2.05) is 7.05 Å². The number of rotatable bonds is 5. The fraction of sp³-hybridized carbons (Fsp3) is 0.286. The van der Waals surface area contributed by atoms with Crippen LogP contribution in [-0.4, -0.2) is 17.0 Å². The molecular weight excluding hydrogens is 302 g/mol. The van der Waals surface area contributed by atoms with Crippen molar-refractivity contribution >= 4 is 44.7 Å². The Bertz CT molecular complexity index is 735. The third kappa shape index (κ3) is 2.85. The van der Waals surface area contributed by atoms with Gasteiger partial charge in [0.1, 0.15) is 10.6 Å². The molecule has 7 heteroatoms. The highest BCUT2D eigenvalue weighted by Gasteiger charge is 2.14. The highest BCUT2D eigenvalue weighted by Crippen LogP contribution is 2.32. The molecule has 0 aliphatic heterocycles. The summed E-state index contributed by atoms with van der Waals surface area (Å²) in [6.07, 6.45) is 1.00. The van der Waals surface area contributed by atoms with Crippen LogP contribution in [0.3, 0.4) is 0 Å². The number of nitrogens with zero attached hydrogens (tertiary/aromatic N) is 3. The van der Waals surface area contributed by atoms with Gasteiger partial charge in [-0.2, -0.15) is 16.3 Å². The Labute approximate surface area is 131 Å². The minimum atomic E-state index is 0.458. The summed E-state index contributed by atoms with van der Waals surface area (Å²) in [6.45, 7) is 2.96. The van der Waals surface area contributed by atoms with Gasteiger partial charge in [-0.05, 0) is 34.9 Å². The molecule has 0 spiro atoms. The van der Waals surface area contributed by atoms with Gasteiger partial charge in [-0.15, -0.1) is 11.3 Å². The molecule has 0 bridgehead atoms. The lowest BCUT2D eigenvalue weighted by atomic mass is 10.2. The van der Waals surface area contributed by atoms with Crippen LogP contribution in [0.15, 0.2) is 22.9 Å². The molecule has 0 aromatic carbocycles. The van der Waals surface area contributed by atoms with E-state index in [9.17, 15) is 0 Å². The number of nitrogen functional groups attached to an aromatic ring is 1. The Kier molecular flexibility index (Phi) is 4.05. The van der Waals surface area contributed by atoms with Crippen molar-refractivity contribution in [2.45, 2.75) is 19.9 Å². The van der Waals surface area contributed by atoms with Crippen LogP contribution < -0.4 is 16.2 Å². The summed E-state index contributed by atoms with van der Waals surface area (Å²) in [6, 6.07) is 4.31. The average molecular weight is 319 g/mol. The number of nitrogens with two attached hydrogens (primary N) is 1. The van der Waals surface area contributed by atoms with Crippen LogP contribution in [-0.2, 0) is 13.0 Å². The molecule has 0 aliphatic carbocycles. The maximum absolute atomic E-state index is 5.50. The third-order valence-electron chi connectivity index (χ3n) is 3.26. The van der Waals surface area contributed by atoms with E-state index >= 15 is 0 Å². The van der Waals surface area contributed by atoms with Crippen molar-refractivity contribution in [3.63, 3.8) is 0 Å². The highest BCUT2D eigenvalue weighted by molar-refractivity contribution is 7.18. The number of hydrogen-bond donors (Lipinski definition) is 2. The van der Waals surface area contributed by atoms with Gasteiger partial charge in [0.05, 0.1) is 5.39 Å². The van der Waals surface area contributed by atoms with Gasteiger partial charge in [-0.3, -0.25) is 5.43 Å². The molecule has 21 heavy (non-hydrogen) atoms. The first-order valence-corrected chi connectivity index (χ1v) is 8.46. The molecule has 3 aromatic rings. The van der Waals surface area contributed by atoms with E-state index in [0.717, 1.165) is 29.0 Å². The van der Waals surface area contributed by atoms with Gasteiger partial charge in [-0.1, -0.05) is 6.92 Å². The summed E-state index contributed by atoms with van der Waals surface area (Å²) in [7, 11) is 2.04.